The van der Waals surface area contributed by atoms with E-state index in [0.717, 1.165) is 0 Å². The van der Waals surface area contributed by atoms with Crippen LogP contribution in [0, 0.1) is 12.7 Å². The Hall–Kier alpha value is -2.83. The number of hydrogen-bond donors (Lipinski definition) is 2. The average Bonchev–Trinajstić information content (AvgIpc) is 2.49. The first kappa shape index (κ1) is 15.1. The Kier molecular flexibility index (Phi) is 3.77. The zero-order valence-corrected chi connectivity index (χ0v) is 12.4. The van der Waals surface area contributed by atoms with Crippen LogP contribution in [-0.4, -0.2) is 28.7 Å². The largest absolute Gasteiger partial charge is 0.340 e. The van der Waals surface area contributed by atoms with Gasteiger partial charge in [0, 0.05) is 17.5 Å². The number of halogens is 1. The minimum Gasteiger partial charge on any atom is -0.340 e. The van der Waals surface area contributed by atoms with E-state index in [1.54, 1.807) is 13.0 Å². The molecule has 1 aromatic carbocycles. The van der Waals surface area contributed by atoms with E-state index < -0.39 is 23.7 Å². The molecule has 6 nitrogen and oxygen atoms in total. The van der Waals surface area contributed by atoms with Gasteiger partial charge in [0.15, 0.2) is 0 Å². The topological polar surface area (TPSA) is 88.2 Å². The van der Waals surface area contributed by atoms with Gasteiger partial charge >= 0.3 is 0 Å². The number of benzene rings is 1. The summed E-state index contributed by atoms with van der Waals surface area (Å²) in [7, 11) is 0. The number of rotatable bonds is 2. The molecule has 3 amide bonds. The molecule has 23 heavy (non-hydrogen) atoms. The Bertz CT molecular complexity index is 835. The predicted molar refractivity (Wildman–Crippen MR) is 80.1 cm³/mol. The number of carbonyl (C=O) groups is 3. The maximum absolute atomic E-state index is 13.5. The molecule has 3 rings (SSSR count). The minimum absolute atomic E-state index is 0.168. The quantitative estimate of drug-likeness (QED) is 0.816. The van der Waals surface area contributed by atoms with E-state index in [-0.39, 0.29) is 24.3 Å². The van der Waals surface area contributed by atoms with Gasteiger partial charge < -0.3 is 5.32 Å². The molecule has 0 spiro atoms. The number of carbonyl (C=O) groups excluding carboxylic acids is 3. The molecule has 1 saturated heterocycles. The highest BCUT2D eigenvalue weighted by Gasteiger charge is 2.28. The van der Waals surface area contributed by atoms with Crippen molar-refractivity contribution in [2.75, 3.05) is 0 Å². The number of imide groups is 1. The molecule has 0 saturated carbocycles. The molecule has 1 fully saturated rings. The van der Waals surface area contributed by atoms with Crippen LogP contribution < -0.4 is 10.6 Å². The Morgan fingerprint density at radius 3 is 2.87 bits per heavy atom. The third-order valence-corrected chi connectivity index (χ3v) is 3.69. The number of pyridine rings is 1. The molecule has 2 aromatic rings. The summed E-state index contributed by atoms with van der Waals surface area (Å²) in [5.74, 6) is -1.86. The number of aryl methyl sites for hydroxylation is 1. The van der Waals surface area contributed by atoms with Gasteiger partial charge in [-0.3, -0.25) is 24.7 Å². The van der Waals surface area contributed by atoms with E-state index in [0.29, 0.717) is 16.6 Å². The lowest BCUT2D eigenvalue weighted by Crippen LogP contribution is -2.52. The van der Waals surface area contributed by atoms with Crippen LogP contribution >= 0.6 is 0 Å². The van der Waals surface area contributed by atoms with Gasteiger partial charge in [-0.25, -0.2) is 4.39 Å². The van der Waals surface area contributed by atoms with Crippen LogP contribution in [0.15, 0.2) is 24.3 Å². The SMILES string of the molecule is Cc1cc(C(=O)NC2CCC(=O)NC2=O)c2cc(F)ccc2n1. The van der Waals surface area contributed by atoms with Gasteiger partial charge in [0.25, 0.3) is 5.91 Å². The predicted octanol–water partition coefficient (Wildman–Crippen LogP) is 1.22. The van der Waals surface area contributed by atoms with Crippen molar-refractivity contribution in [2.45, 2.75) is 25.8 Å². The highest BCUT2D eigenvalue weighted by Crippen LogP contribution is 2.20. The monoisotopic (exact) mass is 315 g/mol. The fourth-order valence-corrected chi connectivity index (χ4v) is 2.59. The highest BCUT2D eigenvalue weighted by molar-refractivity contribution is 6.09. The molecule has 1 atom stereocenters. The Morgan fingerprint density at radius 2 is 2.13 bits per heavy atom. The number of amides is 3. The van der Waals surface area contributed by atoms with Crippen LogP contribution in [-0.2, 0) is 9.59 Å². The van der Waals surface area contributed by atoms with Crippen molar-refractivity contribution in [3.8, 4) is 0 Å². The number of piperidine rings is 1. The smallest absolute Gasteiger partial charge is 0.252 e. The Morgan fingerprint density at radius 1 is 1.35 bits per heavy atom. The zero-order valence-electron chi connectivity index (χ0n) is 12.4. The van der Waals surface area contributed by atoms with Gasteiger partial charge in [-0.15, -0.1) is 0 Å². The summed E-state index contributed by atoms with van der Waals surface area (Å²) < 4.78 is 13.5. The molecule has 0 bridgehead atoms. The summed E-state index contributed by atoms with van der Waals surface area (Å²) in [4.78, 5) is 39.6. The molecular weight excluding hydrogens is 301 g/mol. The first-order chi connectivity index (χ1) is 10.9. The third kappa shape index (κ3) is 3.03. The van der Waals surface area contributed by atoms with Crippen molar-refractivity contribution in [1.29, 1.82) is 0 Å². The molecule has 0 aliphatic carbocycles. The van der Waals surface area contributed by atoms with Crippen molar-refractivity contribution in [3.63, 3.8) is 0 Å². The Labute approximate surface area is 131 Å². The molecule has 7 heteroatoms. The number of nitrogens with one attached hydrogen (secondary N) is 2. The summed E-state index contributed by atoms with van der Waals surface area (Å²) >= 11 is 0. The highest BCUT2D eigenvalue weighted by atomic mass is 19.1. The fourth-order valence-electron chi connectivity index (χ4n) is 2.59. The second kappa shape index (κ2) is 5.75. The van der Waals surface area contributed by atoms with Gasteiger partial charge in [0.05, 0.1) is 11.1 Å². The number of aromatic nitrogens is 1. The van der Waals surface area contributed by atoms with Gasteiger partial charge in [-0.1, -0.05) is 0 Å². The van der Waals surface area contributed by atoms with Gasteiger partial charge in [-0.2, -0.15) is 0 Å². The minimum atomic E-state index is -0.780. The molecule has 1 unspecified atom stereocenters. The summed E-state index contributed by atoms with van der Waals surface area (Å²) in [6, 6.07) is 4.78. The summed E-state index contributed by atoms with van der Waals surface area (Å²) in [5, 5.41) is 5.15. The number of fused-ring (bicyclic) bond motifs is 1. The van der Waals surface area contributed by atoms with Crippen LogP contribution in [0.3, 0.4) is 0 Å². The first-order valence-corrected chi connectivity index (χ1v) is 7.15. The normalized spacial score (nSPS) is 17.9. The lowest BCUT2D eigenvalue weighted by Gasteiger charge is -2.22. The molecule has 0 radical (unpaired) electrons. The molecular formula is C16H14FN3O3. The van der Waals surface area contributed by atoms with E-state index in [9.17, 15) is 18.8 Å². The van der Waals surface area contributed by atoms with Gasteiger partial charge in [-0.05, 0) is 37.6 Å². The maximum Gasteiger partial charge on any atom is 0.252 e. The van der Waals surface area contributed by atoms with E-state index in [1.807, 2.05) is 0 Å². The van der Waals surface area contributed by atoms with E-state index in [1.165, 1.54) is 18.2 Å². The van der Waals surface area contributed by atoms with Crippen molar-refractivity contribution >= 4 is 28.6 Å². The molecule has 2 heterocycles. The van der Waals surface area contributed by atoms with E-state index >= 15 is 0 Å². The average molecular weight is 315 g/mol. The van der Waals surface area contributed by atoms with Crippen LogP contribution in [0.1, 0.15) is 28.9 Å². The standard InChI is InChI=1S/C16H14FN3O3/c1-8-6-11(10-7-9(17)2-3-12(10)18-8)15(22)19-13-4-5-14(21)20-16(13)23/h2-3,6-7,13H,4-5H2,1H3,(H,19,22)(H,20,21,23). The molecule has 1 aromatic heterocycles. The Balaban J connectivity index is 1.93. The van der Waals surface area contributed by atoms with Crippen molar-refractivity contribution < 1.29 is 18.8 Å². The molecule has 1 aliphatic rings. The number of nitrogens with zero attached hydrogens (tertiary/aromatic N) is 1. The lowest BCUT2D eigenvalue weighted by atomic mass is 10.0. The second-order valence-corrected chi connectivity index (χ2v) is 5.45. The maximum atomic E-state index is 13.5. The third-order valence-electron chi connectivity index (χ3n) is 3.69. The van der Waals surface area contributed by atoms with Crippen molar-refractivity contribution in [1.82, 2.24) is 15.6 Å². The fraction of sp³-hybridized carbons (Fsp3) is 0.250. The molecule has 2 N–H and O–H groups in total. The molecule has 1 aliphatic heterocycles. The van der Waals surface area contributed by atoms with Crippen LogP contribution in [0.5, 0.6) is 0 Å². The summed E-state index contributed by atoms with van der Waals surface area (Å²) in [6.45, 7) is 1.73. The summed E-state index contributed by atoms with van der Waals surface area (Å²) in [5.41, 5.74) is 1.36. The van der Waals surface area contributed by atoms with E-state index in [4.69, 9.17) is 0 Å². The van der Waals surface area contributed by atoms with Crippen molar-refractivity contribution in [2.24, 2.45) is 0 Å². The van der Waals surface area contributed by atoms with Gasteiger partial charge in [0.1, 0.15) is 11.9 Å². The van der Waals surface area contributed by atoms with Crippen LogP contribution in [0.4, 0.5) is 4.39 Å². The molecule has 118 valence electrons. The number of hydrogen-bond acceptors (Lipinski definition) is 4. The summed E-state index contributed by atoms with van der Waals surface area (Å²) in [6.07, 6.45) is 0.411. The van der Waals surface area contributed by atoms with Crippen LogP contribution in [0.25, 0.3) is 10.9 Å². The van der Waals surface area contributed by atoms with E-state index in [2.05, 4.69) is 15.6 Å². The zero-order chi connectivity index (χ0) is 16.6. The first-order valence-electron chi connectivity index (χ1n) is 7.15. The lowest BCUT2D eigenvalue weighted by molar-refractivity contribution is -0.134. The van der Waals surface area contributed by atoms with Crippen LogP contribution in [0.2, 0.25) is 0 Å². The van der Waals surface area contributed by atoms with Crippen molar-refractivity contribution in [3.05, 3.63) is 41.3 Å². The second-order valence-electron chi connectivity index (χ2n) is 5.45. The van der Waals surface area contributed by atoms with Gasteiger partial charge in [0.2, 0.25) is 11.8 Å².